The first-order valence-corrected chi connectivity index (χ1v) is 10.3. The molecular formula is C14H26N4O3S2. The van der Waals surface area contributed by atoms with Gasteiger partial charge in [-0.2, -0.15) is 0 Å². The lowest BCUT2D eigenvalue weighted by atomic mass is 9.99. The lowest BCUT2D eigenvalue weighted by Gasteiger charge is -2.31. The van der Waals surface area contributed by atoms with Gasteiger partial charge in [-0.05, 0) is 44.8 Å². The molecule has 1 heterocycles. The molecule has 9 heteroatoms. The third-order valence-electron chi connectivity index (χ3n) is 4.50. The van der Waals surface area contributed by atoms with Crippen LogP contribution in [-0.2, 0) is 14.8 Å². The SMILES string of the molecule is CCS(=O)(=O)N1CCC[C@@H](C(=O)NNC(=S)NC2CCCC2)C1. The maximum atomic E-state index is 12.2. The normalized spacial score (nSPS) is 23.4. The van der Waals surface area contributed by atoms with E-state index >= 15 is 0 Å². The van der Waals surface area contributed by atoms with E-state index in [1.165, 1.54) is 17.1 Å². The molecule has 1 aliphatic carbocycles. The van der Waals surface area contributed by atoms with Gasteiger partial charge in [0.2, 0.25) is 15.9 Å². The number of hydrogen-bond donors (Lipinski definition) is 3. The van der Waals surface area contributed by atoms with Crippen LogP contribution in [0.3, 0.4) is 0 Å². The molecule has 0 bridgehead atoms. The maximum Gasteiger partial charge on any atom is 0.242 e. The zero-order valence-electron chi connectivity index (χ0n) is 13.5. The summed E-state index contributed by atoms with van der Waals surface area (Å²) in [7, 11) is -3.24. The highest BCUT2D eigenvalue weighted by Crippen LogP contribution is 2.19. The molecule has 1 amide bonds. The first kappa shape index (κ1) is 18.4. The molecule has 0 spiro atoms. The Morgan fingerprint density at radius 1 is 1.17 bits per heavy atom. The van der Waals surface area contributed by atoms with Crippen molar-refractivity contribution in [2.24, 2.45) is 5.92 Å². The molecule has 0 aromatic heterocycles. The second kappa shape index (κ2) is 8.25. The molecule has 2 aliphatic rings. The van der Waals surface area contributed by atoms with Crippen LogP contribution in [-0.4, -0.2) is 48.6 Å². The Morgan fingerprint density at radius 2 is 1.87 bits per heavy atom. The Morgan fingerprint density at radius 3 is 2.52 bits per heavy atom. The van der Waals surface area contributed by atoms with Crippen molar-refractivity contribution >= 4 is 33.3 Å². The molecule has 2 rings (SSSR count). The zero-order chi connectivity index (χ0) is 16.9. The van der Waals surface area contributed by atoms with E-state index in [2.05, 4.69) is 16.2 Å². The average Bonchev–Trinajstić information content (AvgIpc) is 3.05. The van der Waals surface area contributed by atoms with Crippen LogP contribution < -0.4 is 16.2 Å². The number of nitrogens with zero attached hydrogens (tertiary/aromatic N) is 1. The summed E-state index contributed by atoms with van der Waals surface area (Å²) in [5, 5.41) is 3.59. The molecule has 23 heavy (non-hydrogen) atoms. The van der Waals surface area contributed by atoms with Gasteiger partial charge in [0.1, 0.15) is 0 Å². The van der Waals surface area contributed by atoms with E-state index in [9.17, 15) is 13.2 Å². The van der Waals surface area contributed by atoms with Crippen molar-refractivity contribution in [1.82, 2.24) is 20.5 Å². The van der Waals surface area contributed by atoms with Crippen LogP contribution >= 0.6 is 12.2 Å². The lowest BCUT2D eigenvalue weighted by Crippen LogP contribution is -2.53. The van der Waals surface area contributed by atoms with Gasteiger partial charge < -0.3 is 5.32 Å². The van der Waals surface area contributed by atoms with Gasteiger partial charge in [-0.1, -0.05) is 12.8 Å². The Kier molecular flexibility index (Phi) is 6.60. The van der Waals surface area contributed by atoms with Gasteiger partial charge in [0.25, 0.3) is 0 Å². The molecule has 0 unspecified atom stereocenters. The van der Waals surface area contributed by atoms with E-state index in [1.54, 1.807) is 6.92 Å². The average molecular weight is 363 g/mol. The standard InChI is InChI=1S/C14H26N4O3S2/c1-2-23(20,21)18-9-5-6-11(10-18)13(19)16-17-14(22)15-12-7-3-4-8-12/h11-12H,2-10H2,1H3,(H,16,19)(H2,15,17,22)/t11-/m1/s1. The second-order valence-electron chi connectivity index (χ2n) is 6.17. The second-order valence-corrected chi connectivity index (χ2v) is 8.83. The lowest BCUT2D eigenvalue weighted by molar-refractivity contribution is -0.126. The number of nitrogens with one attached hydrogen (secondary N) is 3. The number of carbonyl (C=O) groups excluding carboxylic acids is 1. The summed E-state index contributed by atoms with van der Waals surface area (Å²) in [4.78, 5) is 12.2. The highest BCUT2D eigenvalue weighted by atomic mass is 32.2. The summed E-state index contributed by atoms with van der Waals surface area (Å²) in [5.74, 6) is -0.488. The topological polar surface area (TPSA) is 90.5 Å². The molecule has 7 nitrogen and oxygen atoms in total. The Hall–Kier alpha value is -0.930. The van der Waals surface area contributed by atoms with Gasteiger partial charge in [0.15, 0.2) is 5.11 Å². The van der Waals surface area contributed by atoms with Crippen molar-refractivity contribution in [1.29, 1.82) is 0 Å². The van der Waals surface area contributed by atoms with Crippen LogP contribution in [0, 0.1) is 5.92 Å². The minimum Gasteiger partial charge on any atom is -0.359 e. The van der Waals surface area contributed by atoms with Crippen molar-refractivity contribution in [3.63, 3.8) is 0 Å². The summed E-state index contributed by atoms with van der Waals surface area (Å²) in [6.07, 6.45) is 5.99. The summed E-state index contributed by atoms with van der Waals surface area (Å²) in [6, 6.07) is 0.381. The van der Waals surface area contributed by atoms with Crippen LogP contribution in [0.15, 0.2) is 0 Å². The number of rotatable bonds is 4. The quantitative estimate of drug-likeness (QED) is 0.498. The molecule has 0 aromatic carbocycles. The molecule has 1 aliphatic heterocycles. The van der Waals surface area contributed by atoms with Crippen LogP contribution in [0.1, 0.15) is 45.4 Å². The third kappa shape index (κ3) is 5.29. The molecule has 1 atom stereocenters. The van der Waals surface area contributed by atoms with E-state index in [0.29, 0.717) is 30.5 Å². The number of carbonyl (C=O) groups is 1. The minimum absolute atomic E-state index is 0.0645. The fourth-order valence-electron chi connectivity index (χ4n) is 3.10. The number of thiocarbonyl (C=S) groups is 1. The highest BCUT2D eigenvalue weighted by Gasteiger charge is 2.31. The molecular weight excluding hydrogens is 336 g/mol. The molecule has 1 saturated heterocycles. The number of hydrogen-bond acceptors (Lipinski definition) is 4. The van der Waals surface area contributed by atoms with Crippen LogP contribution in [0.4, 0.5) is 0 Å². The fraction of sp³-hybridized carbons (Fsp3) is 0.857. The fourth-order valence-corrected chi connectivity index (χ4v) is 4.50. The first-order chi connectivity index (χ1) is 10.9. The van der Waals surface area contributed by atoms with Crippen LogP contribution in [0.2, 0.25) is 0 Å². The number of piperidine rings is 1. The predicted octanol–water partition coefficient (Wildman–Crippen LogP) is 0.486. The number of hydrazine groups is 1. The van der Waals surface area contributed by atoms with Crippen molar-refractivity contribution in [2.75, 3.05) is 18.8 Å². The largest absolute Gasteiger partial charge is 0.359 e. The Labute approximate surface area is 143 Å². The third-order valence-corrected chi connectivity index (χ3v) is 6.57. The highest BCUT2D eigenvalue weighted by molar-refractivity contribution is 7.89. The Balaban J connectivity index is 1.77. The molecule has 132 valence electrons. The molecule has 1 saturated carbocycles. The molecule has 2 fully saturated rings. The van der Waals surface area contributed by atoms with Gasteiger partial charge >= 0.3 is 0 Å². The Bertz CT molecular complexity index is 532. The maximum absolute atomic E-state index is 12.2. The summed E-state index contributed by atoms with van der Waals surface area (Å²) < 4.78 is 25.3. The summed E-state index contributed by atoms with van der Waals surface area (Å²) in [6.45, 7) is 2.36. The summed E-state index contributed by atoms with van der Waals surface area (Å²) >= 11 is 5.17. The van der Waals surface area contributed by atoms with Gasteiger partial charge in [-0.15, -0.1) is 0 Å². The number of sulfonamides is 1. The van der Waals surface area contributed by atoms with E-state index in [4.69, 9.17) is 12.2 Å². The molecule has 3 N–H and O–H groups in total. The minimum atomic E-state index is -3.24. The van der Waals surface area contributed by atoms with Gasteiger partial charge in [-0.25, -0.2) is 12.7 Å². The molecule has 0 radical (unpaired) electrons. The summed E-state index contributed by atoms with van der Waals surface area (Å²) in [5.41, 5.74) is 5.33. The van der Waals surface area contributed by atoms with Crippen molar-refractivity contribution in [2.45, 2.75) is 51.5 Å². The van der Waals surface area contributed by atoms with Gasteiger partial charge in [0.05, 0.1) is 11.7 Å². The number of amides is 1. The van der Waals surface area contributed by atoms with E-state index in [-0.39, 0.29) is 24.1 Å². The first-order valence-electron chi connectivity index (χ1n) is 8.26. The van der Waals surface area contributed by atoms with Crippen molar-refractivity contribution < 1.29 is 13.2 Å². The van der Waals surface area contributed by atoms with Crippen LogP contribution in [0.25, 0.3) is 0 Å². The molecule has 0 aromatic rings. The monoisotopic (exact) mass is 362 g/mol. The predicted molar refractivity (Wildman–Crippen MR) is 93.0 cm³/mol. The zero-order valence-corrected chi connectivity index (χ0v) is 15.1. The van der Waals surface area contributed by atoms with Crippen molar-refractivity contribution in [3.05, 3.63) is 0 Å². The van der Waals surface area contributed by atoms with E-state index in [1.807, 2.05) is 0 Å². The smallest absolute Gasteiger partial charge is 0.242 e. The van der Waals surface area contributed by atoms with Crippen molar-refractivity contribution in [3.8, 4) is 0 Å². The van der Waals surface area contributed by atoms with E-state index in [0.717, 1.165) is 12.8 Å². The van der Waals surface area contributed by atoms with Gasteiger partial charge in [0, 0.05) is 19.1 Å². The van der Waals surface area contributed by atoms with E-state index < -0.39 is 10.0 Å². The van der Waals surface area contributed by atoms with Gasteiger partial charge in [-0.3, -0.25) is 15.6 Å². The van der Waals surface area contributed by atoms with Crippen LogP contribution in [0.5, 0.6) is 0 Å².